The molecule has 162 valence electrons. The molecule has 1 atom stereocenters. The van der Waals surface area contributed by atoms with E-state index in [9.17, 15) is 40.0 Å². The number of rotatable bonds is 7. The number of benzene rings is 1. The summed E-state index contributed by atoms with van der Waals surface area (Å²) in [5.41, 5.74) is 4.18. The SMILES string of the molecule is C=CCOC(=O)Nc1ccc(C(=O)OC(C(F)(F)F)C(F)(F)S(=O)(=O)O)cc1N. The van der Waals surface area contributed by atoms with Crippen LogP contribution in [-0.4, -0.2) is 49.2 Å². The zero-order valence-electron chi connectivity index (χ0n) is 14.1. The van der Waals surface area contributed by atoms with Crippen molar-refractivity contribution in [2.24, 2.45) is 0 Å². The van der Waals surface area contributed by atoms with Crippen LogP contribution in [0.5, 0.6) is 0 Å². The molecule has 0 radical (unpaired) electrons. The van der Waals surface area contributed by atoms with Gasteiger partial charge in [0.1, 0.15) is 6.61 Å². The molecule has 0 aliphatic heterocycles. The first-order valence-electron chi connectivity index (χ1n) is 7.18. The number of esters is 1. The first-order chi connectivity index (χ1) is 13.1. The van der Waals surface area contributed by atoms with Gasteiger partial charge in [0.25, 0.3) is 6.10 Å². The van der Waals surface area contributed by atoms with Crippen LogP contribution in [0.4, 0.5) is 38.1 Å². The number of ether oxygens (including phenoxy) is 2. The molecule has 29 heavy (non-hydrogen) atoms. The van der Waals surface area contributed by atoms with Crippen molar-refractivity contribution in [3.05, 3.63) is 36.4 Å². The molecule has 1 aromatic carbocycles. The van der Waals surface area contributed by atoms with Gasteiger partial charge in [-0.15, -0.1) is 0 Å². The Hall–Kier alpha value is -2.94. The van der Waals surface area contributed by atoms with Crippen LogP contribution in [0.15, 0.2) is 30.9 Å². The van der Waals surface area contributed by atoms with E-state index >= 15 is 0 Å². The second-order valence-electron chi connectivity index (χ2n) is 5.18. The molecule has 0 spiro atoms. The van der Waals surface area contributed by atoms with Crippen molar-refractivity contribution in [2.75, 3.05) is 17.7 Å². The lowest BCUT2D eigenvalue weighted by Gasteiger charge is -2.26. The van der Waals surface area contributed by atoms with E-state index in [0.717, 1.165) is 12.1 Å². The van der Waals surface area contributed by atoms with Gasteiger partial charge in [-0.25, -0.2) is 9.59 Å². The monoisotopic (exact) mass is 448 g/mol. The fraction of sp³-hybridized carbons (Fsp3) is 0.286. The van der Waals surface area contributed by atoms with E-state index in [-0.39, 0.29) is 18.0 Å². The van der Waals surface area contributed by atoms with Crippen LogP contribution in [0.1, 0.15) is 10.4 Å². The fourth-order valence-electron chi connectivity index (χ4n) is 1.72. The van der Waals surface area contributed by atoms with Crippen molar-refractivity contribution in [2.45, 2.75) is 17.5 Å². The number of nitrogens with one attached hydrogen (secondary N) is 1. The maximum absolute atomic E-state index is 13.4. The lowest BCUT2D eigenvalue weighted by molar-refractivity contribution is -0.248. The molecule has 0 saturated heterocycles. The summed E-state index contributed by atoms with van der Waals surface area (Å²) in [4.78, 5) is 23.2. The zero-order valence-corrected chi connectivity index (χ0v) is 14.9. The molecule has 9 nitrogen and oxygen atoms in total. The molecule has 0 heterocycles. The minimum atomic E-state index is -6.57. The molecule has 4 N–H and O–H groups in total. The molecule has 0 saturated carbocycles. The topological polar surface area (TPSA) is 145 Å². The second-order valence-corrected chi connectivity index (χ2v) is 6.67. The molecule has 0 aromatic heterocycles. The average Bonchev–Trinajstić information content (AvgIpc) is 2.57. The number of hydrogen-bond acceptors (Lipinski definition) is 7. The molecule has 1 rings (SSSR count). The van der Waals surface area contributed by atoms with Gasteiger partial charge in [-0.3, -0.25) is 9.87 Å². The number of anilines is 2. The third kappa shape index (κ3) is 6.02. The molecule has 0 aliphatic carbocycles. The van der Waals surface area contributed by atoms with Crippen LogP contribution in [0.3, 0.4) is 0 Å². The number of alkyl halides is 5. The van der Waals surface area contributed by atoms with Gasteiger partial charge in [0.15, 0.2) is 0 Å². The summed E-state index contributed by atoms with van der Waals surface area (Å²) in [5.74, 6) is -2.02. The molecule has 0 aliphatic rings. The van der Waals surface area contributed by atoms with Crippen molar-refractivity contribution < 1.29 is 54.0 Å². The Morgan fingerprint density at radius 1 is 1.28 bits per heavy atom. The van der Waals surface area contributed by atoms with Gasteiger partial charge in [-0.2, -0.15) is 30.4 Å². The number of nitrogen functional groups attached to an aromatic ring is 1. The Labute approximate surface area is 160 Å². The van der Waals surface area contributed by atoms with Crippen LogP contribution in [0.2, 0.25) is 0 Å². The number of nitrogens with two attached hydrogens (primary N) is 1. The Morgan fingerprint density at radius 2 is 1.86 bits per heavy atom. The smallest absolute Gasteiger partial charge is 0.432 e. The molecule has 15 heteroatoms. The molecule has 1 unspecified atom stereocenters. The summed E-state index contributed by atoms with van der Waals surface area (Å²) in [6, 6.07) is 2.34. The van der Waals surface area contributed by atoms with Gasteiger partial charge in [0.05, 0.1) is 16.9 Å². The van der Waals surface area contributed by atoms with Gasteiger partial charge >= 0.3 is 33.6 Å². The van der Waals surface area contributed by atoms with Crippen molar-refractivity contribution in [1.29, 1.82) is 0 Å². The molecular formula is C14H13F5N2O7S. The van der Waals surface area contributed by atoms with Gasteiger partial charge in [0.2, 0.25) is 0 Å². The van der Waals surface area contributed by atoms with Crippen LogP contribution < -0.4 is 11.1 Å². The zero-order chi connectivity index (χ0) is 22.6. The number of halogens is 5. The van der Waals surface area contributed by atoms with E-state index < -0.39 is 45.3 Å². The van der Waals surface area contributed by atoms with Crippen LogP contribution >= 0.6 is 0 Å². The minimum absolute atomic E-state index is 0.147. The molecule has 0 fully saturated rings. The van der Waals surface area contributed by atoms with Gasteiger partial charge in [0, 0.05) is 0 Å². The van der Waals surface area contributed by atoms with Crippen LogP contribution in [0.25, 0.3) is 0 Å². The van der Waals surface area contributed by atoms with Crippen molar-refractivity contribution in [3.63, 3.8) is 0 Å². The highest BCUT2D eigenvalue weighted by Crippen LogP contribution is 2.38. The average molecular weight is 448 g/mol. The van der Waals surface area contributed by atoms with Crippen molar-refractivity contribution >= 4 is 33.6 Å². The number of hydrogen-bond donors (Lipinski definition) is 3. The second kappa shape index (κ2) is 8.60. The molecule has 1 amide bonds. The highest BCUT2D eigenvalue weighted by atomic mass is 32.2. The summed E-state index contributed by atoms with van der Waals surface area (Å²) >= 11 is 0. The van der Waals surface area contributed by atoms with Gasteiger partial charge < -0.3 is 15.2 Å². The number of carbonyl (C=O) groups excluding carboxylic acids is 2. The van der Waals surface area contributed by atoms with E-state index in [1.54, 1.807) is 0 Å². The molecule has 1 aromatic rings. The van der Waals surface area contributed by atoms with E-state index in [0.29, 0.717) is 6.07 Å². The fourth-order valence-corrected chi connectivity index (χ4v) is 2.17. The largest absolute Gasteiger partial charge is 0.445 e. The standard InChI is InChI=1S/C14H13F5N2O7S/c1-2-5-27-12(23)21-9-4-3-7(6-8(9)20)10(22)28-11(13(15,16)17)14(18,19)29(24,25)26/h2-4,6,11H,1,5,20H2,(H,21,23)(H,24,25,26). The summed E-state index contributed by atoms with van der Waals surface area (Å²) < 4.78 is 103. The van der Waals surface area contributed by atoms with Crippen molar-refractivity contribution in [3.8, 4) is 0 Å². The minimum Gasteiger partial charge on any atom is -0.445 e. The number of carbonyl (C=O) groups is 2. The maximum atomic E-state index is 13.4. The highest BCUT2D eigenvalue weighted by Gasteiger charge is 2.66. The lowest BCUT2D eigenvalue weighted by Crippen LogP contribution is -2.52. The van der Waals surface area contributed by atoms with E-state index in [2.05, 4.69) is 21.4 Å². The Balaban J connectivity index is 3.10. The Kier molecular flexibility index (Phi) is 7.15. The summed E-state index contributed by atoms with van der Waals surface area (Å²) in [6.45, 7) is 3.14. The Morgan fingerprint density at radius 3 is 2.31 bits per heavy atom. The first-order valence-corrected chi connectivity index (χ1v) is 8.62. The van der Waals surface area contributed by atoms with Crippen LogP contribution in [-0.2, 0) is 19.6 Å². The van der Waals surface area contributed by atoms with Crippen molar-refractivity contribution in [1.82, 2.24) is 0 Å². The predicted molar refractivity (Wildman–Crippen MR) is 87.8 cm³/mol. The normalized spacial score (nSPS) is 13.3. The highest BCUT2D eigenvalue weighted by molar-refractivity contribution is 7.86. The van der Waals surface area contributed by atoms with Gasteiger partial charge in [-0.05, 0) is 18.2 Å². The quantitative estimate of drug-likeness (QED) is 0.190. The third-order valence-electron chi connectivity index (χ3n) is 3.03. The summed E-state index contributed by atoms with van der Waals surface area (Å²) in [5, 5.41) is -3.75. The first kappa shape index (κ1) is 24.1. The lowest BCUT2D eigenvalue weighted by atomic mass is 10.1. The number of amides is 1. The van der Waals surface area contributed by atoms with E-state index in [4.69, 9.17) is 10.3 Å². The van der Waals surface area contributed by atoms with E-state index in [1.165, 1.54) is 6.08 Å². The molecule has 0 bridgehead atoms. The van der Waals surface area contributed by atoms with Crippen LogP contribution in [0, 0.1) is 0 Å². The molecular weight excluding hydrogens is 435 g/mol. The summed E-state index contributed by atoms with van der Waals surface area (Å²) in [6.07, 6.45) is -10.3. The van der Waals surface area contributed by atoms with Gasteiger partial charge in [-0.1, -0.05) is 12.7 Å². The Bertz CT molecular complexity index is 902. The predicted octanol–water partition coefficient (Wildman–Crippen LogP) is 2.57. The summed E-state index contributed by atoms with van der Waals surface area (Å²) in [7, 11) is -6.57. The third-order valence-corrected chi connectivity index (χ3v) is 3.93. The van der Waals surface area contributed by atoms with E-state index in [1.807, 2.05) is 0 Å². The maximum Gasteiger partial charge on any atom is 0.432 e.